The summed E-state index contributed by atoms with van der Waals surface area (Å²) in [5.74, 6) is 0.509. The van der Waals surface area contributed by atoms with Crippen LogP contribution in [0.2, 0.25) is 0 Å². The van der Waals surface area contributed by atoms with E-state index in [1.54, 1.807) is 23.2 Å². The number of nitrogens with one attached hydrogen (secondary N) is 1. The lowest BCUT2D eigenvalue weighted by atomic mass is 9.96. The lowest BCUT2D eigenvalue weighted by molar-refractivity contribution is -0.139. The predicted octanol–water partition coefficient (Wildman–Crippen LogP) is 4.20. The number of anilines is 1. The fraction of sp³-hybridized carbons (Fsp3) is 0.429. The SMILES string of the molecule is Cc1cc(-c2ccc3cnc(NC(=O)C4CCN(CCC(F)(F)F)CC4)cc3n2)on1. The third kappa shape index (κ3) is 5.38. The minimum absolute atomic E-state index is 0.0250. The summed E-state index contributed by atoms with van der Waals surface area (Å²) >= 11 is 0. The fourth-order valence-corrected chi connectivity index (χ4v) is 3.64. The molecule has 164 valence electrons. The van der Waals surface area contributed by atoms with Crippen molar-refractivity contribution < 1.29 is 22.5 Å². The van der Waals surface area contributed by atoms with Crippen molar-refractivity contribution in [2.45, 2.75) is 32.4 Å². The molecular formula is C21H22F3N5O2. The first-order chi connectivity index (χ1) is 14.8. The summed E-state index contributed by atoms with van der Waals surface area (Å²) < 4.78 is 42.4. The first-order valence-corrected chi connectivity index (χ1v) is 10.1. The highest BCUT2D eigenvalue weighted by Gasteiger charge is 2.30. The summed E-state index contributed by atoms with van der Waals surface area (Å²) in [4.78, 5) is 23.2. The van der Waals surface area contributed by atoms with Crippen LogP contribution in [0.5, 0.6) is 0 Å². The number of aromatic nitrogens is 3. The molecular weight excluding hydrogens is 411 g/mol. The van der Waals surface area contributed by atoms with E-state index in [-0.39, 0.29) is 18.4 Å². The van der Waals surface area contributed by atoms with E-state index in [0.29, 0.717) is 48.7 Å². The van der Waals surface area contributed by atoms with Gasteiger partial charge < -0.3 is 14.7 Å². The number of piperidine rings is 1. The Balaban J connectivity index is 1.38. The van der Waals surface area contributed by atoms with E-state index in [2.05, 4.69) is 20.4 Å². The molecule has 3 aromatic rings. The number of carbonyl (C=O) groups excluding carboxylic acids is 1. The second-order valence-corrected chi connectivity index (χ2v) is 7.76. The number of fused-ring (bicyclic) bond motifs is 1. The average Bonchev–Trinajstić information content (AvgIpc) is 3.18. The fourth-order valence-electron chi connectivity index (χ4n) is 3.64. The van der Waals surface area contributed by atoms with Gasteiger partial charge in [-0.15, -0.1) is 0 Å². The third-order valence-corrected chi connectivity index (χ3v) is 5.38. The van der Waals surface area contributed by atoms with Gasteiger partial charge in [0.2, 0.25) is 5.91 Å². The largest absolute Gasteiger partial charge is 0.390 e. The molecule has 7 nitrogen and oxygen atoms in total. The molecule has 0 aromatic carbocycles. The van der Waals surface area contributed by atoms with Gasteiger partial charge in [0.05, 0.1) is 17.6 Å². The first-order valence-electron chi connectivity index (χ1n) is 10.1. The standard InChI is InChI=1S/C21H22F3N5O2/c1-13-10-18(31-28-13)16-3-2-15-12-25-19(11-17(15)26-16)27-20(30)14-4-7-29(8-5-14)9-6-21(22,23)24/h2-3,10-12,14H,4-9H2,1H3,(H,25,27,30). The zero-order valence-corrected chi connectivity index (χ0v) is 16.9. The number of rotatable bonds is 5. The molecule has 1 fully saturated rings. The summed E-state index contributed by atoms with van der Waals surface area (Å²) in [6.07, 6.45) is -2.31. The predicted molar refractivity (Wildman–Crippen MR) is 108 cm³/mol. The van der Waals surface area contributed by atoms with Gasteiger partial charge in [-0.2, -0.15) is 13.2 Å². The van der Waals surface area contributed by atoms with Crippen LogP contribution < -0.4 is 5.32 Å². The van der Waals surface area contributed by atoms with Gasteiger partial charge >= 0.3 is 6.18 Å². The van der Waals surface area contributed by atoms with E-state index >= 15 is 0 Å². The number of hydrogen-bond acceptors (Lipinski definition) is 6. The minimum Gasteiger partial charge on any atom is -0.354 e. The van der Waals surface area contributed by atoms with E-state index in [1.165, 1.54) is 0 Å². The van der Waals surface area contributed by atoms with E-state index in [0.717, 1.165) is 11.1 Å². The summed E-state index contributed by atoms with van der Waals surface area (Å²) in [6, 6.07) is 7.16. The topological polar surface area (TPSA) is 84.2 Å². The maximum atomic E-state index is 12.6. The van der Waals surface area contributed by atoms with Crippen LogP contribution in [0.3, 0.4) is 0 Å². The van der Waals surface area contributed by atoms with Crippen LogP contribution in [0, 0.1) is 12.8 Å². The molecule has 0 unspecified atom stereocenters. The highest BCUT2D eigenvalue weighted by molar-refractivity contribution is 5.93. The summed E-state index contributed by atoms with van der Waals surface area (Å²) in [5, 5.41) is 7.50. The minimum atomic E-state index is -4.16. The van der Waals surface area contributed by atoms with E-state index < -0.39 is 12.6 Å². The Hall–Kier alpha value is -3.01. The molecule has 4 rings (SSSR count). The number of likely N-dealkylation sites (tertiary alicyclic amines) is 1. The number of alkyl halides is 3. The van der Waals surface area contributed by atoms with Crippen molar-refractivity contribution in [3.8, 4) is 11.5 Å². The number of aryl methyl sites for hydroxylation is 1. The normalized spacial score (nSPS) is 16.0. The van der Waals surface area contributed by atoms with Crippen LogP contribution in [0.1, 0.15) is 25.0 Å². The van der Waals surface area contributed by atoms with Crippen molar-refractivity contribution in [3.05, 3.63) is 36.2 Å². The van der Waals surface area contributed by atoms with Gasteiger partial charge in [0.1, 0.15) is 11.5 Å². The Morgan fingerprint density at radius 1 is 1.26 bits per heavy atom. The van der Waals surface area contributed by atoms with Crippen molar-refractivity contribution in [1.29, 1.82) is 0 Å². The first kappa shape index (κ1) is 21.2. The highest BCUT2D eigenvalue weighted by Crippen LogP contribution is 2.25. The molecule has 0 spiro atoms. The van der Waals surface area contributed by atoms with Gasteiger partial charge in [-0.25, -0.2) is 9.97 Å². The highest BCUT2D eigenvalue weighted by atomic mass is 19.4. The maximum Gasteiger partial charge on any atom is 0.390 e. The number of nitrogens with zero attached hydrogens (tertiary/aromatic N) is 4. The van der Waals surface area contributed by atoms with Crippen LogP contribution in [0.15, 0.2) is 35.0 Å². The van der Waals surface area contributed by atoms with Crippen LogP contribution in [0.25, 0.3) is 22.4 Å². The molecule has 0 aliphatic carbocycles. The van der Waals surface area contributed by atoms with Gasteiger partial charge in [0.25, 0.3) is 0 Å². The number of amides is 1. The number of halogens is 3. The molecule has 4 heterocycles. The van der Waals surface area contributed by atoms with Gasteiger partial charge in [-0.1, -0.05) is 5.16 Å². The molecule has 0 bridgehead atoms. The van der Waals surface area contributed by atoms with Gasteiger partial charge in [-0.3, -0.25) is 4.79 Å². The van der Waals surface area contributed by atoms with Crippen molar-refractivity contribution in [3.63, 3.8) is 0 Å². The Morgan fingerprint density at radius 2 is 2.03 bits per heavy atom. The molecule has 1 aliphatic rings. The molecule has 10 heteroatoms. The molecule has 0 radical (unpaired) electrons. The van der Waals surface area contributed by atoms with Crippen molar-refractivity contribution in [2.24, 2.45) is 5.92 Å². The van der Waals surface area contributed by atoms with E-state index in [1.807, 2.05) is 19.1 Å². The molecule has 1 amide bonds. The van der Waals surface area contributed by atoms with E-state index in [9.17, 15) is 18.0 Å². The Kier molecular flexibility index (Phi) is 5.90. The van der Waals surface area contributed by atoms with E-state index in [4.69, 9.17) is 4.52 Å². The van der Waals surface area contributed by atoms with Gasteiger partial charge in [0.15, 0.2) is 5.76 Å². The molecule has 1 saturated heterocycles. The molecule has 3 aromatic heterocycles. The average molecular weight is 433 g/mol. The monoisotopic (exact) mass is 433 g/mol. The smallest absolute Gasteiger partial charge is 0.354 e. The Bertz CT molecular complexity index is 1070. The van der Waals surface area contributed by atoms with Crippen LogP contribution in [0.4, 0.5) is 19.0 Å². The Labute approximate surface area is 176 Å². The molecule has 1 N–H and O–H groups in total. The van der Waals surface area contributed by atoms with Crippen molar-refractivity contribution in [1.82, 2.24) is 20.0 Å². The van der Waals surface area contributed by atoms with Crippen molar-refractivity contribution >= 4 is 22.6 Å². The molecule has 0 atom stereocenters. The van der Waals surface area contributed by atoms with Crippen LogP contribution >= 0.6 is 0 Å². The Morgan fingerprint density at radius 3 is 2.71 bits per heavy atom. The lowest BCUT2D eigenvalue weighted by Crippen LogP contribution is -2.39. The van der Waals surface area contributed by atoms with Gasteiger partial charge in [-0.05, 0) is 45.0 Å². The number of pyridine rings is 2. The lowest BCUT2D eigenvalue weighted by Gasteiger charge is -2.31. The van der Waals surface area contributed by atoms with Crippen LogP contribution in [-0.4, -0.2) is 51.7 Å². The quantitative estimate of drug-likeness (QED) is 0.649. The molecule has 31 heavy (non-hydrogen) atoms. The number of hydrogen-bond donors (Lipinski definition) is 1. The molecule has 1 aliphatic heterocycles. The molecule has 0 saturated carbocycles. The van der Waals surface area contributed by atoms with Crippen molar-refractivity contribution in [2.75, 3.05) is 25.0 Å². The summed E-state index contributed by atoms with van der Waals surface area (Å²) in [6.45, 7) is 2.75. The third-order valence-electron chi connectivity index (χ3n) is 5.38. The zero-order chi connectivity index (χ0) is 22.0. The maximum absolute atomic E-state index is 12.6. The van der Waals surface area contributed by atoms with Gasteiger partial charge in [0, 0.05) is 36.2 Å². The number of carbonyl (C=O) groups is 1. The second kappa shape index (κ2) is 8.62. The zero-order valence-electron chi connectivity index (χ0n) is 16.9. The van der Waals surface area contributed by atoms with Crippen LogP contribution in [-0.2, 0) is 4.79 Å². The summed E-state index contributed by atoms with van der Waals surface area (Å²) in [7, 11) is 0. The summed E-state index contributed by atoms with van der Waals surface area (Å²) in [5.41, 5.74) is 2.03. The second-order valence-electron chi connectivity index (χ2n) is 7.76.